The van der Waals surface area contributed by atoms with Gasteiger partial charge in [0.1, 0.15) is 28.6 Å². The van der Waals surface area contributed by atoms with Crippen LogP contribution in [-0.2, 0) is 10.2 Å². The van der Waals surface area contributed by atoms with Gasteiger partial charge in [-0.1, -0.05) is 19.1 Å². The average molecular weight is 433 g/mol. The highest BCUT2D eigenvalue weighted by Crippen LogP contribution is 2.44. The second-order valence-corrected chi connectivity index (χ2v) is 7.68. The summed E-state index contributed by atoms with van der Waals surface area (Å²) in [7, 11) is 0. The van der Waals surface area contributed by atoms with Gasteiger partial charge >= 0.3 is 0 Å². The molecule has 1 aliphatic heterocycles. The zero-order valence-electron chi connectivity index (χ0n) is 17.5. The van der Waals surface area contributed by atoms with E-state index >= 15 is 0 Å². The summed E-state index contributed by atoms with van der Waals surface area (Å²) in [4.78, 5) is 30.8. The maximum absolute atomic E-state index is 13.4. The van der Waals surface area contributed by atoms with Crippen LogP contribution in [0.3, 0.4) is 0 Å². The predicted octanol–water partition coefficient (Wildman–Crippen LogP) is 2.95. The number of carbonyl (C=O) groups excluding carboxylic acids is 1. The average Bonchev–Trinajstić information content (AvgIpc) is 3.35. The van der Waals surface area contributed by atoms with E-state index in [0.717, 1.165) is 6.42 Å². The third-order valence-electron chi connectivity index (χ3n) is 5.56. The predicted molar refractivity (Wildman–Crippen MR) is 116 cm³/mol. The highest BCUT2D eigenvalue weighted by atomic mass is 19.1. The molecule has 1 unspecified atom stereocenters. The Kier molecular flexibility index (Phi) is 4.50. The number of ether oxygens (including phenoxy) is 1. The lowest BCUT2D eigenvalue weighted by atomic mass is 9.78. The third-order valence-corrected chi connectivity index (χ3v) is 5.56. The quantitative estimate of drug-likeness (QED) is 0.496. The largest absolute Gasteiger partial charge is 0.475 e. The molecule has 0 saturated heterocycles. The molecule has 3 aromatic heterocycles. The van der Waals surface area contributed by atoms with E-state index < -0.39 is 11.2 Å². The first-order valence-electron chi connectivity index (χ1n) is 10.1. The van der Waals surface area contributed by atoms with Crippen LogP contribution in [0.2, 0.25) is 0 Å². The molecule has 1 amide bonds. The number of aromatic nitrogens is 5. The number of imidazole rings is 1. The zero-order valence-corrected chi connectivity index (χ0v) is 17.5. The summed E-state index contributed by atoms with van der Waals surface area (Å²) in [5.41, 5.74) is 7.21. The summed E-state index contributed by atoms with van der Waals surface area (Å²) in [5.74, 6) is 0.325. The Hall–Kier alpha value is -4.08. The van der Waals surface area contributed by atoms with Gasteiger partial charge in [0.15, 0.2) is 5.82 Å². The molecule has 162 valence electrons. The molecule has 3 N–H and O–H groups in total. The van der Waals surface area contributed by atoms with Crippen LogP contribution in [-0.4, -0.2) is 36.9 Å². The number of nitrogens with one attached hydrogen (secondary N) is 1. The van der Waals surface area contributed by atoms with Gasteiger partial charge in [-0.05, 0) is 31.0 Å². The van der Waals surface area contributed by atoms with E-state index in [0.29, 0.717) is 40.8 Å². The molecule has 1 aliphatic rings. The molecule has 0 fully saturated rings. The number of nitrogens with zero attached hydrogens (tertiary/aromatic N) is 5. The number of nitrogens with two attached hydrogens (primary N) is 1. The van der Waals surface area contributed by atoms with Gasteiger partial charge in [0.25, 0.3) is 5.88 Å². The van der Waals surface area contributed by atoms with Gasteiger partial charge in [-0.2, -0.15) is 0 Å². The molecular formula is C22H20FN7O2. The number of carbonyl (C=O) groups is 1. The fraction of sp³-hybridized carbons (Fsp3) is 0.227. The summed E-state index contributed by atoms with van der Waals surface area (Å²) < 4.78 is 20.9. The van der Waals surface area contributed by atoms with Crippen LogP contribution in [0.15, 0.2) is 42.9 Å². The van der Waals surface area contributed by atoms with Crippen LogP contribution < -0.4 is 15.8 Å². The first-order valence-corrected chi connectivity index (χ1v) is 10.1. The number of anilines is 2. The van der Waals surface area contributed by atoms with Gasteiger partial charge in [0.05, 0.1) is 12.2 Å². The summed E-state index contributed by atoms with van der Waals surface area (Å²) in [6.07, 6.45) is 5.95. The fourth-order valence-electron chi connectivity index (χ4n) is 3.89. The first-order chi connectivity index (χ1) is 15.4. The van der Waals surface area contributed by atoms with E-state index in [9.17, 15) is 9.18 Å². The van der Waals surface area contributed by atoms with Crippen molar-refractivity contribution in [3.63, 3.8) is 0 Å². The van der Waals surface area contributed by atoms with Crippen molar-refractivity contribution in [2.24, 2.45) is 0 Å². The van der Waals surface area contributed by atoms with E-state index in [-0.39, 0.29) is 17.5 Å². The molecule has 0 spiro atoms. The van der Waals surface area contributed by atoms with Crippen LogP contribution >= 0.6 is 0 Å². The van der Waals surface area contributed by atoms with E-state index in [1.54, 1.807) is 42.0 Å². The number of amides is 1. The van der Waals surface area contributed by atoms with Crippen molar-refractivity contribution >= 4 is 23.2 Å². The van der Waals surface area contributed by atoms with Crippen molar-refractivity contribution in [2.75, 3.05) is 17.7 Å². The van der Waals surface area contributed by atoms with E-state index in [4.69, 9.17) is 10.5 Å². The Balaban J connectivity index is 1.63. The highest BCUT2D eigenvalue weighted by Gasteiger charge is 2.47. The molecule has 0 saturated carbocycles. The number of hydrogen-bond acceptors (Lipinski definition) is 7. The summed E-state index contributed by atoms with van der Waals surface area (Å²) >= 11 is 0. The Labute approximate surface area is 182 Å². The minimum atomic E-state index is -1.15. The monoisotopic (exact) mass is 433 g/mol. The second kappa shape index (κ2) is 7.26. The van der Waals surface area contributed by atoms with Gasteiger partial charge in [0, 0.05) is 18.6 Å². The minimum absolute atomic E-state index is 0.138. The molecule has 5 rings (SSSR count). The molecule has 1 atom stereocenters. The van der Waals surface area contributed by atoms with Crippen LogP contribution in [0.4, 0.5) is 16.0 Å². The van der Waals surface area contributed by atoms with E-state index in [1.807, 2.05) is 6.92 Å². The fourth-order valence-corrected chi connectivity index (χ4v) is 3.89. The molecule has 9 nitrogen and oxygen atoms in total. The molecule has 10 heteroatoms. The third kappa shape index (κ3) is 2.95. The lowest BCUT2D eigenvalue weighted by molar-refractivity contribution is -0.119. The van der Waals surface area contributed by atoms with Gasteiger partial charge in [-0.25, -0.2) is 24.3 Å². The molecule has 0 aliphatic carbocycles. The van der Waals surface area contributed by atoms with Crippen molar-refractivity contribution in [3.8, 4) is 17.4 Å². The molecule has 4 heterocycles. The molecular weight excluding hydrogens is 413 g/mol. The second-order valence-electron chi connectivity index (χ2n) is 7.68. The van der Waals surface area contributed by atoms with Gasteiger partial charge in [-0.3, -0.25) is 4.79 Å². The Morgan fingerprint density at radius 3 is 2.75 bits per heavy atom. The maximum atomic E-state index is 13.4. The Morgan fingerprint density at radius 2 is 2.00 bits per heavy atom. The maximum Gasteiger partial charge on any atom is 0.259 e. The van der Waals surface area contributed by atoms with Crippen molar-refractivity contribution in [2.45, 2.75) is 25.7 Å². The standard InChI is InChI=1S/C22H20FN7O2/c1-3-10-32-20-19-25-8-9-30(19)11-14(26-20)17-27-16(24)15-18(28-17)29-21(31)22(15,2)12-4-6-13(23)7-5-12/h4-9,11H,3,10H2,1-2H3,(H3,24,27,28,29,31). The minimum Gasteiger partial charge on any atom is -0.475 e. The SMILES string of the molecule is CCCOc1nc(-c2nc(N)c3c(n2)NC(=O)C3(C)c2ccc(F)cc2)cn2ccnc12. The first kappa shape index (κ1) is 19.9. The molecule has 1 aromatic carbocycles. The molecule has 0 radical (unpaired) electrons. The van der Waals surface area contributed by atoms with Crippen LogP contribution in [0.25, 0.3) is 17.2 Å². The summed E-state index contributed by atoms with van der Waals surface area (Å²) in [5, 5.41) is 2.79. The molecule has 32 heavy (non-hydrogen) atoms. The van der Waals surface area contributed by atoms with Crippen molar-refractivity contribution in [3.05, 3.63) is 59.8 Å². The van der Waals surface area contributed by atoms with Gasteiger partial charge in [0.2, 0.25) is 11.6 Å². The van der Waals surface area contributed by atoms with E-state index in [1.165, 1.54) is 12.1 Å². The van der Waals surface area contributed by atoms with Gasteiger partial charge in [-0.15, -0.1) is 0 Å². The van der Waals surface area contributed by atoms with Crippen molar-refractivity contribution in [1.29, 1.82) is 0 Å². The number of hydrogen-bond donors (Lipinski definition) is 2. The summed E-state index contributed by atoms with van der Waals surface area (Å²) in [6.45, 7) is 4.20. The zero-order chi connectivity index (χ0) is 22.5. The molecule has 0 bridgehead atoms. The van der Waals surface area contributed by atoms with Crippen LogP contribution in [0.5, 0.6) is 5.88 Å². The van der Waals surface area contributed by atoms with Gasteiger partial charge < -0.3 is 20.2 Å². The van der Waals surface area contributed by atoms with Crippen molar-refractivity contribution in [1.82, 2.24) is 24.3 Å². The number of halogens is 1. The lowest BCUT2D eigenvalue weighted by Crippen LogP contribution is -2.33. The number of fused-ring (bicyclic) bond motifs is 2. The Bertz CT molecular complexity index is 1350. The smallest absolute Gasteiger partial charge is 0.259 e. The van der Waals surface area contributed by atoms with E-state index in [2.05, 4.69) is 25.3 Å². The van der Waals surface area contributed by atoms with Crippen LogP contribution in [0, 0.1) is 5.82 Å². The van der Waals surface area contributed by atoms with Crippen molar-refractivity contribution < 1.29 is 13.9 Å². The topological polar surface area (TPSA) is 120 Å². The number of benzene rings is 1. The van der Waals surface area contributed by atoms with Crippen LogP contribution in [0.1, 0.15) is 31.4 Å². The molecule has 4 aromatic rings. The Morgan fingerprint density at radius 1 is 1.22 bits per heavy atom. The summed E-state index contributed by atoms with van der Waals surface area (Å²) in [6, 6.07) is 5.73. The number of nitrogen functional groups attached to an aromatic ring is 1. The highest BCUT2D eigenvalue weighted by molar-refractivity contribution is 6.09. The number of rotatable bonds is 5. The normalized spacial score (nSPS) is 17.4. The lowest BCUT2D eigenvalue weighted by Gasteiger charge is -2.23.